The first-order valence-electron chi connectivity index (χ1n) is 11.1. The van der Waals surface area contributed by atoms with E-state index < -0.39 is 17.3 Å². The molecule has 1 saturated carbocycles. The van der Waals surface area contributed by atoms with Crippen molar-refractivity contribution in [1.82, 2.24) is 15.3 Å². The molecule has 0 bridgehead atoms. The smallest absolute Gasteiger partial charge is 0.254 e. The fourth-order valence-corrected chi connectivity index (χ4v) is 4.73. The van der Waals surface area contributed by atoms with Crippen LogP contribution >= 0.6 is 0 Å². The van der Waals surface area contributed by atoms with E-state index in [0.717, 1.165) is 25.3 Å². The molecule has 6 nitrogen and oxygen atoms in total. The Labute approximate surface area is 189 Å². The van der Waals surface area contributed by atoms with Crippen molar-refractivity contribution in [1.29, 1.82) is 0 Å². The van der Waals surface area contributed by atoms with E-state index in [1.807, 2.05) is 25.1 Å². The van der Waals surface area contributed by atoms with Gasteiger partial charge in [0.05, 0.1) is 17.7 Å². The second-order valence-corrected chi connectivity index (χ2v) is 8.82. The van der Waals surface area contributed by atoms with Crippen LogP contribution in [0, 0.1) is 11.7 Å². The van der Waals surface area contributed by atoms with E-state index in [0.29, 0.717) is 28.9 Å². The highest BCUT2D eigenvalue weighted by Crippen LogP contribution is 2.36. The van der Waals surface area contributed by atoms with E-state index >= 15 is 0 Å². The summed E-state index contributed by atoms with van der Waals surface area (Å²) >= 11 is 0. The molecule has 2 aromatic heterocycles. The van der Waals surface area contributed by atoms with Gasteiger partial charge in [0.1, 0.15) is 5.82 Å². The SMILES string of the molecule is C[C@@]1(NC(=O)c2cc3[nH]c4ccccc4c(=O)c3cc2F)CCC[C@@H]1COc1ccccn1. The van der Waals surface area contributed by atoms with E-state index in [-0.39, 0.29) is 22.3 Å². The number of aromatic amines is 1. The van der Waals surface area contributed by atoms with Crippen LogP contribution in [-0.4, -0.2) is 28.0 Å². The van der Waals surface area contributed by atoms with Gasteiger partial charge in [-0.2, -0.15) is 0 Å². The number of aromatic nitrogens is 2. The maximum Gasteiger partial charge on any atom is 0.254 e. The van der Waals surface area contributed by atoms with Crippen molar-refractivity contribution < 1.29 is 13.9 Å². The fourth-order valence-electron chi connectivity index (χ4n) is 4.73. The zero-order chi connectivity index (χ0) is 23.0. The van der Waals surface area contributed by atoms with Crippen LogP contribution in [0.25, 0.3) is 21.8 Å². The first-order valence-corrected chi connectivity index (χ1v) is 11.1. The predicted molar refractivity (Wildman–Crippen MR) is 125 cm³/mol. The maximum absolute atomic E-state index is 15.0. The minimum absolute atomic E-state index is 0.0655. The monoisotopic (exact) mass is 445 g/mol. The first kappa shape index (κ1) is 21.1. The lowest BCUT2D eigenvalue weighted by Crippen LogP contribution is -2.50. The lowest BCUT2D eigenvalue weighted by Gasteiger charge is -2.32. The number of carbonyl (C=O) groups excluding carboxylic acids is 1. The summed E-state index contributed by atoms with van der Waals surface area (Å²) in [7, 11) is 0. The van der Waals surface area contributed by atoms with Crippen molar-refractivity contribution in [3.63, 3.8) is 0 Å². The lowest BCUT2D eigenvalue weighted by atomic mass is 9.89. The van der Waals surface area contributed by atoms with Gasteiger partial charge in [-0.05, 0) is 50.1 Å². The number of hydrogen-bond donors (Lipinski definition) is 2. The second-order valence-electron chi connectivity index (χ2n) is 8.82. The molecular formula is C26H24FN3O3. The summed E-state index contributed by atoms with van der Waals surface area (Å²) in [5.74, 6) is -0.620. The molecule has 0 saturated heterocycles. The quantitative estimate of drug-likeness (QED) is 0.441. The Hall–Kier alpha value is -3.74. The summed E-state index contributed by atoms with van der Waals surface area (Å²) in [5.41, 5.74) is 0.175. The zero-order valence-corrected chi connectivity index (χ0v) is 18.2. The van der Waals surface area contributed by atoms with Crippen molar-refractivity contribution in [2.24, 2.45) is 5.92 Å². The molecule has 33 heavy (non-hydrogen) atoms. The average Bonchev–Trinajstić information content (AvgIpc) is 3.18. The van der Waals surface area contributed by atoms with Gasteiger partial charge in [0.15, 0.2) is 5.43 Å². The van der Waals surface area contributed by atoms with Crippen molar-refractivity contribution in [2.45, 2.75) is 31.7 Å². The van der Waals surface area contributed by atoms with Crippen LogP contribution in [0.5, 0.6) is 5.88 Å². The van der Waals surface area contributed by atoms with Crippen molar-refractivity contribution >= 4 is 27.7 Å². The molecule has 4 aromatic rings. The third-order valence-electron chi connectivity index (χ3n) is 6.66. The Morgan fingerprint density at radius 2 is 2.00 bits per heavy atom. The number of halogens is 1. The number of hydrogen-bond acceptors (Lipinski definition) is 4. The highest BCUT2D eigenvalue weighted by Gasteiger charge is 2.41. The van der Waals surface area contributed by atoms with Crippen LogP contribution in [0.1, 0.15) is 36.5 Å². The van der Waals surface area contributed by atoms with Crippen LogP contribution in [0.2, 0.25) is 0 Å². The molecule has 0 spiro atoms. The minimum atomic E-state index is -0.719. The van der Waals surface area contributed by atoms with Gasteiger partial charge in [-0.3, -0.25) is 9.59 Å². The van der Waals surface area contributed by atoms with Crippen molar-refractivity contribution in [3.8, 4) is 5.88 Å². The molecule has 2 aromatic carbocycles. The number of nitrogens with zero attached hydrogens (tertiary/aromatic N) is 1. The molecule has 5 rings (SSSR count). The van der Waals surface area contributed by atoms with Gasteiger partial charge in [0.2, 0.25) is 5.88 Å². The number of carbonyl (C=O) groups is 1. The van der Waals surface area contributed by atoms with Gasteiger partial charge in [0, 0.05) is 40.0 Å². The summed E-state index contributed by atoms with van der Waals surface area (Å²) in [6.07, 6.45) is 4.27. The maximum atomic E-state index is 15.0. The van der Waals surface area contributed by atoms with Crippen molar-refractivity contribution in [2.75, 3.05) is 6.61 Å². The number of nitrogens with one attached hydrogen (secondary N) is 2. The Morgan fingerprint density at radius 3 is 2.82 bits per heavy atom. The molecule has 1 fully saturated rings. The summed E-state index contributed by atoms with van der Waals surface area (Å²) in [6, 6.07) is 15.1. The van der Waals surface area contributed by atoms with Crippen LogP contribution in [-0.2, 0) is 0 Å². The number of fused-ring (bicyclic) bond motifs is 2. The van der Waals surface area contributed by atoms with Crippen LogP contribution in [0.15, 0.2) is 65.6 Å². The van der Waals surface area contributed by atoms with E-state index in [1.54, 1.807) is 30.5 Å². The third kappa shape index (κ3) is 3.95. The molecular weight excluding hydrogens is 421 g/mol. The average molecular weight is 445 g/mol. The van der Waals surface area contributed by atoms with Gasteiger partial charge >= 0.3 is 0 Å². The number of amides is 1. The lowest BCUT2D eigenvalue weighted by molar-refractivity contribution is 0.0852. The first-order chi connectivity index (χ1) is 15.9. The third-order valence-corrected chi connectivity index (χ3v) is 6.66. The normalized spacial score (nSPS) is 20.2. The molecule has 2 atom stereocenters. The molecule has 0 radical (unpaired) electrons. The van der Waals surface area contributed by atoms with Crippen LogP contribution in [0.3, 0.4) is 0 Å². The standard InChI is InChI=1S/C26H24FN3O3/c1-26(11-6-7-16(26)15-33-23-10-4-5-12-28-23)30-25(32)18-14-22-19(13-20(18)27)24(31)17-8-2-3-9-21(17)29-22/h2-5,8-10,12-14,16H,6-7,11,15H2,1H3,(H,29,31)(H,30,32)/t16-,26-/m1/s1. The topological polar surface area (TPSA) is 84.1 Å². The number of benzene rings is 2. The summed E-state index contributed by atoms with van der Waals surface area (Å²) in [5, 5.41) is 3.75. The predicted octanol–water partition coefficient (Wildman–Crippen LogP) is 4.58. The number of pyridine rings is 2. The van der Waals surface area contributed by atoms with Gasteiger partial charge in [-0.15, -0.1) is 0 Å². The van der Waals surface area contributed by atoms with Gasteiger partial charge in [-0.1, -0.05) is 24.6 Å². The van der Waals surface area contributed by atoms with E-state index in [1.165, 1.54) is 6.07 Å². The van der Waals surface area contributed by atoms with Crippen LogP contribution in [0.4, 0.5) is 4.39 Å². The zero-order valence-electron chi connectivity index (χ0n) is 18.2. The van der Waals surface area contributed by atoms with E-state index in [2.05, 4.69) is 15.3 Å². The molecule has 1 amide bonds. The molecule has 1 aliphatic carbocycles. The van der Waals surface area contributed by atoms with E-state index in [4.69, 9.17) is 4.74 Å². The Bertz CT molecular complexity index is 1400. The Kier molecular flexibility index (Phi) is 5.32. The number of para-hydroxylation sites is 1. The molecule has 0 unspecified atom stereocenters. The molecule has 168 valence electrons. The van der Waals surface area contributed by atoms with Gasteiger partial charge < -0.3 is 15.0 Å². The molecule has 2 heterocycles. The molecule has 0 aliphatic heterocycles. The van der Waals surface area contributed by atoms with Gasteiger partial charge in [0.25, 0.3) is 5.91 Å². The summed E-state index contributed by atoms with van der Waals surface area (Å²) < 4.78 is 20.8. The molecule has 2 N–H and O–H groups in total. The number of rotatable bonds is 5. The molecule has 1 aliphatic rings. The largest absolute Gasteiger partial charge is 0.477 e. The highest BCUT2D eigenvalue weighted by molar-refractivity contribution is 6.00. The van der Waals surface area contributed by atoms with Gasteiger partial charge in [-0.25, -0.2) is 9.37 Å². The number of H-pyrrole nitrogens is 1. The summed E-state index contributed by atoms with van der Waals surface area (Å²) in [4.78, 5) is 33.2. The fraction of sp³-hybridized carbons (Fsp3) is 0.269. The Balaban J connectivity index is 1.41. The number of ether oxygens (including phenoxy) is 1. The second kappa shape index (κ2) is 8.31. The summed E-state index contributed by atoms with van der Waals surface area (Å²) in [6.45, 7) is 2.38. The highest BCUT2D eigenvalue weighted by atomic mass is 19.1. The minimum Gasteiger partial charge on any atom is -0.477 e. The Morgan fingerprint density at radius 1 is 1.18 bits per heavy atom. The molecule has 7 heteroatoms. The van der Waals surface area contributed by atoms with Crippen molar-refractivity contribution in [3.05, 3.63) is 82.4 Å². The van der Waals surface area contributed by atoms with Crippen LogP contribution < -0.4 is 15.5 Å². The van der Waals surface area contributed by atoms with E-state index in [9.17, 15) is 14.0 Å².